The van der Waals surface area contributed by atoms with Crippen molar-refractivity contribution < 1.29 is 4.39 Å². The summed E-state index contributed by atoms with van der Waals surface area (Å²) in [5, 5.41) is 0.741. The van der Waals surface area contributed by atoms with Crippen LogP contribution in [0.3, 0.4) is 0 Å². The van der Waals surface area contributed by atoms with Crippen molar-refractivity contribution in [3.05, 3.63) is 69.0 Å². The maximum Gasteiger partial charge on any atom is 0.127 e. The number of rotatable bonds is 2. The highest BCUT2D eigenvalue weighted by atomic mass is 79.9. The van der Waals surface area contributed by atoms with Gasteiger partial charge in [0.05, 0.1) is 4.83 Å². The van der Waals surface area contributed by atoms with Crippen LogP contribution < -0.4 is 0 Å². The van der Waals surface area contributed by atoms with Gasteiger partial charge in [0.1, 0.15) is 5.82 Å². The van der Waals surface area contributed by atoms with Crippen molar-refractivity contribution in [2.24, 2.45) is 0 Å². The van der Waals surface area contributed by atoms with Crippen molar-refractivity contribution in [3.63, 3.8) is 0 Å². The van der Waals surface area contributed by atoms with Gasteiger partial charge in [0.15, 0.2) is 0 Å². The molecule has 100 valence electrons. The number of halogens is 3. The van der Waals surface area contributed by atoms with E-state index in [0.717, 1.165) is 27.3 Å². The summed E-state index contributed by atoms with van der Waals surface area (Å²) >= 11 is 9.71. The monoisotopic (exact) mass is 340 g/mol. The molecule has 0 nitrogen and oxygen atoms in total. The molecule has 0 aromatic heterocycles. The number of alkyl halides is 1. The lowest BCUT2D eigenvalue weighted by Gasteiger charge is -2.16. The zero-order valence-electron chi connectivity index (χ0n) is 11.1. The molecule has 2 aromatic rings. The van der Waals surface area contributed by atoms with Crippen LogP contribution in [0, 0.1) is 26.6 Å². The standard InChI is InChI=1S/C16H15BrClF/c1-9-4-5-15(19)13(6-9)16(17)12-7-11(3)14(18)8-10(12)2/h4-8,16H,1-3H3. The smallest absolute Gasteiger partial charge is 0.127 e. The van der Waals surface area contributed by atoms with Gasteiger partial charge in [-0.3, -0.25) is 0 Å². The molecule has 0 aliphatic rings. The fraction of sp³-hybridized carbons (Fsp3) is 0.250. The Bertz CT molecular complexity index is 622. The van der Waals surface area contributed by atoms with Crippen LogP contribution in [0.25, 0.3) is 0 Å². The molecular formula is C16H15BrClF. The number of hydrogen-bond donors (Lipinski definition) is 0. The lowest BCUT2D eigenvalue weighted by molar-refractivity contribution is 0.613. The van der Waals surface area contributed by atoms with E-state index in [2.05, 4.69) is 15.9 Å². The molecule has 2 aromatic carbocycles. The minimum atomic E-state index is -0.195. The van der Waals surface area contributed by atoms with E-state index in [1.54, 1.807) is 6.07 Å². The minimum Gasteiger partial charge on any atom is -0.207 e. The maximum absolute atomic E-state index is 14.0. The Kier molecular flexibility index (Phi) is 4.32. The third-order valence-corrected chi connectivity index (χ3v) is 4.64. The highest BCUT2D eigenvalue weighted by Crippen LogP contribution is 2.36. The van der Waals surface area contributed by atoms with Gasteiger partial charge in [-0.2, -0.15) is 0 Å². The lowest BCUT2D eigenvalue weighted by Crippen LogP contribution is -2.00. The van der Waals surface area contributed by atoms with Crippen molar-refractivity contribution in [1.82, 2.24) is 0 Å². The minimum absolute atomic E-state index is 0.164. The molecule has 0 N–H and O–H groups in total. The Balaban J connectivity index is 2.52. The van der Waals surface area contributed by atoms with Crippen LogP contribution in [0.15, 0.2) is 30.3 Å². The molecule has 1 unspecified atom stereocenters. The van der Waals surface area contributed by atoms with E-state index in [4.69, 9.17) is 11.6 Å². The fourth-order valence-electron chi connectivity index (χ4n) is 2.10. The Morgan fingerprint density at radius 2 is 1.68 bits per heavy atom. The van der Waals surface area contributed by atoms with Gasteiger partial charge in [0.25, 0.3) is 0 Å². The third kappa shape index (κ3) is 3.01. The normalized spacial score (nSPS) is 12.5. The van der Waals surface area contributed by atoms with Gasteiger partial charge >= 0.3 is 0 Å². The topological polar surface area (TPSA) is 0 Å². The van der Waals surface area contributed by atoms with E-state index < -0.39 is 0 Å². The molecule has 0 bridgehead atoms. The second-order valence-electron chi connectivity index (χ2n) is 4.85. The Labute approximate surface area is 126 Å². The zero-order valence-corrected chi connectivity index (χ0v) is 13.4. The average Bonchev–Trinajstić information content (AvgIpc) is 2.36. The molecule has 2 rings (SSSR count). The van der Waals surface area contributed by atoms with Crippen LogP contribution in [0.2, 0.25) is 5.02 Å². The molecule has 0 aliphatic carbocycles. The number of benzene rings is 2. The lowest BCUT2D eigenvalue weighted by atomic mass is 9.97. The maximum atomic E-state index is 14.0. The molecular weight excluding hydrogens is 327 g/mol. The summed E-state index contributed by atoms with van der Waals surface area (Å²) in [4.78, 5) is -0.164. The first-order valence-corrected chi connectivity index (χ1v) is 7.36. The van der Waals surface area contributed by atoms with Gasteiger partial charge in [-0.1, -0.05) is 51.3 Å². The fourth-order valence-corrected chi connectivity index (χ4v) is 3.16. The van der Waals surface area contributed by atoms with Gasteiger partial charge in [-0.05, 0) is 49.6 Å². The second kappa shape index (κ2) is 5.64. The SMILES string of the molecule is Cc1ccc(F)c(C(Br)c2cc(C)c(Cl)cc2C)c1. The summed E-state index contributed by atoms with van der Waals surface area (Å²) in [7, 11) is 0. The zero-order chi connectivity index (χ0) is 14.2. The molecule has 0 spiro atoms. The van der Waals surface area contributed by atoms with Gasteiger partial charge in [0, 0.05) is 10.6 Å². The van der Waals surface area contributed by atoms with E-state index in [-0.39, 0.29) is 10.6 Å². The number of aryl methyl sites for hydroxylation is 3. The molecule has 0 aliphatic heterocycles. The van der Waals surface area contributed by atoms with Crippen LogP contribution >= 0.6 is 27.5 Å². The van der Waals surface area contributed by atoms with Crippen LogP contribution in [-0.2, 0) is 0 Å². The van der Waals surface area contributed by atoms with E-state index >= 15 is 0 Å². The predicted octanol–water partition coefficient (Wildman–Crippen LogP) is 5.89. The molecule has 19 heavy (non-hydrogen) atoms. The van der Waals surface area contributed by atoms with Gasteiger partial charge in [0.2, 0.25) is 0 Å². The largest absolute Gasteiger partial charge is 0.207 e. The van der Waals surface area contributed by atoms with Crippen molar-refractivity contribution in [2.45, 2.75) is 25.6 Å². The summed E-state index contributed by atoms with van der Waals surface area (Å²) < 4.78 is 14.0. The molecule has 0 fully saturated rings. The van der Waals surface area contributed by atoms with Gasteiger partial charge in [-0.15, -0.1) is 0 Å². The first kappa shape index (κ1) is 14.5. The molecule has 0 saturated heterocycles. The van der Waals surface area contributed by atoms with E-state index in [9.17, 15) is 4.39 Å². The average molecular weight is 342 g/mol. The quantitative estimate of drug-likeness (QED) is 0.598. The first-order valence-electron chi connectivity index (χ1n) is 6.07. The van der Waals surface area contributed by atoms with E-state index in [1.807, 2.05) is 39.0 Å². The molecule has 0 saturated carbocycles. The Morgan fingerprint density at radius 1 is 1.00 bits per heavy atom. The highest BCUT2D eigenvalue weighted by molar-refractivity contribution is 9.09. The van der Waals surface area contributed by atoms with Crippen LogP contribution in [-0.4, -0.2) is 0 Å². The third-order valence-electron chi connectivity index (χ3n) is 3.24. The van der Waals surface area contributed by atoms with E-state index in [1.165, 1.54) is 6.07 Å². The molecule has 3 heteroatoms. The highest BCUT2D eigenvalue weighted by Gasteiger charge is 2.17. The van der Waals surface area contributed by atoms with Crippen LogP contribution in [0.4, 0.5) is 4.39 Å². The van der Waals surface area contributed by atoms with Crippen LogP contribution in [0.1, 0.15) is 32.6 Å². The molecule has 0 heterocycles. The summed E-state index contributed by atoms with van der Waals surface area (Å²) in [6, 6.07) is 9.10. The Morgan fingerprint density at radius 3 is 2.37 bits per heavy atom. The predicted molar refractivity (Wildman–Crippen MR) is 82.8 cm³/mol. The molecule has 1 atom stereocenters. The number of hydrogen-bond acceptors (Lipinski definition) is 0. The van der Waals surface area contributed by atoms with Gasteiger partial charge in [-0.25, -0.2) is 4.39 Å². The summed E-state index contributed by atoms with van der Waals surface area (Å²) in [5.41, 5.74) is 4.80. The van der Waals surface area contributed by atoms with Crippen molar-refractivity contribution in [3.8, 4) is 0 Å². The van der Waals surface area contributed by atoms with Crippen molar-refractivity contribution in [1.29, 1.82) is 0 Å². The van der Waals surface area contributed by atoms with Crippen molar-refractivity contribution in [2.75, 3.05) is 0 Å². The van der Waals surface area contributed by atoms with Crippen LogP contribution in [0.5, 0.6) is 0 Å². The molecule has 0 radical (unpaired) electrons. The van der Waals surface area contributed by atoms with Crippen molar-refractivity contribution >= 4 is 27.5 Å². The second-order valence-corrected chi connectivity index (χ2v) is 6.17. The summed E-state index contributed by atoms with van der Waals surface area (Å²) in [6.07, 6.45) is 0. The molecule has 0 amide bonds. The first-order chi connectivity index (χ1) is 8.90. The summed E-state index contributed by atoms with van der Waals surface area (Å²) in [6.45, 7) is 5.91. The van der Waals surface area contributed by atoms with E-state index in [0.29, 0.717) is 5.56 Å². The Hall–Kier alpha value is -0.860. The van der Waals surface area contributed by atoms with Gasteiger partial charge < -0.3 is 0 Å². The summed E-state index contributed by atoms with van der Waals surface area (Å²) in [5.74, 6) is -0.195.